The molecule has 1 aromatic carbocycles. The molecule has 0 heterocycles. The number of hydrogen-bond acceptors (Lipinski definition) is 1. The van der Waals surface area contributed by atoms with E-state index in [1.54, 1.807) is 0 Å². The number of anilines is 1. The van der Waals surface area contributed by atoms with E-state index < -0.39 is 0 Å². The predicted octanol–water partition coefficient (Wildman–Crippen LogP) is 2.85. The molecule has 0 N–H and O–H groups in total. The molecule has 0 aliphatic heterocycles. The van der Waals surface area contributed by atoms with Crippen LogP contribution in [0.1, 0.15) is 6.92 Å². The van der Waals surface area contributed by atoms with Crippen molar-refractivity contribution in [3.63, 3.8) is 0 Å². The lowest BCUT2D eigenvalue weighted by atomic mass is 10.3. The van der Waals surface area contributed by atoms with E-state index in [-0.39, 0.29) is 0 Å². The summed E-state index contributed by atoms with van der Waals surface area (Å²) in [6.45, 7) is 2.87. The van der Waals surface area contributed by atoms with Crippen LogP contribution in [-0.4, -0.2) is 13.6 Å². The van der Waals surface area contributed by atoms with Crippen molar-refractivity contribution in [2.45, 2.75) is 6.92 Å². The minimum atomic E-state index is 0.897. The van der Waals surface area contributed by atoms with E-state index >= 15 is 0 Å². The first kappa shape index (κ1) is 9.63. The average Bonchev–Trinajstić information content (AvgIpc) is 2.19. The van der Waals surface area contributed by atoms with Crippen LogP contribution in [0.4, 0.5) is 5.69 Å². The first-order valence-electron chi connectivity index (χ1n) is 4.46. The Balaban J connectivity index is 2.59. The van der Waals surface area contributed by atoms with Crippen LogP contribution in [0.25, 0.3) is 0 Å². The molecule has 1 aromatic rings. The van der Waals surface area contributed by atoms with E-state index in [9.17, 15) is 0 Å². The molecule has 0 bridgehead atoms. The molecule has 0 radical (unpaired) electrons. The number of rotatable bonds is 3. The van der Waals surface area contributed by atoms with Gasteiger partial charge in [-0.15, -0.1) is 5.73 Å². The third-order valence-electron chi connectivity index (χ3n) is 1.85. The highest BCUT2D eigenvalue weighted by molar-refractivity contribution is 5.45. The van der Waals surface area contributed by atoms with Gasteiger partial charge in [0.2, 0.25) is 0 Å². The van der Waals surface area contributed by atoms with E-state index in [2.05, 4.69) is 29.8 Å². The Morgan fingerprint density at radius 3 is 2.62 bits per heavy atom. The zero-order chi connectivity index (χ0) is 9.52. The molecule has 0 fully saturated rings. The lowest BCUT2D eigenvalue weighted by Gasteiger charge is -2.15. The third-order valence-corrected chi connectivity index (χ3v) is 1.85. The molecule has 0 spiro atoms. The fraction of sp³-hybridized carbons (Fsp3) is 0.250. The molecule has 68 valence electrons. The van der Waals surface area contributed by atoms with E-state index in [0.717, 1.165) is 6.54 Å². The minimum Gasteiger partial charge on any atom is -0.370 e. The quantitative estimate of drug-likeness (QED) is 0.635. The van der Waals surface area contributed by atoms with E-state index in [0.29, 0.717) is 0 Å². The maximum Gasteiger partial charge on any atom is 0.0430 e. The molecule has 0 aliphatic rings. The van der Waals surface area contributed by atoms with Gasteiger partial charge in [0, 0.05) is 19.3 Å². The van der Waals surface area contributed by atoms with Gasteiger partial charge in [-0.3, -0.25) is 0 Å². The third kappa shape index (κ3) is 3.18. The molecule has 0 saturated carbocycles. The van der Waals surface area contributed by atoms with E-state index in [1.807, 2.05) is 37.3 Å². The molecule has 13 heavy (non-hydrogen) atoms. The van der Waals surface area contributed by atoms with Crippen LogP contribution in [0, 0.1) is 0 Å². The van der Waals surface area contributed by atoms with Gasteiger partial charge < -0.3 is 4.90 Å². The Morgan fingerprint density at radius 2 is 2.00 bits per heavy atom. The van der Waals surface area contributed by atoms with Crippen molar-refractivity contribution in [2.75, 3.05) is 18.5 Å². The summed E-state index contributed by atoms with van der Waals surface area (Å²) in [5.74, 6) is 0. The van der Waals surface area contributed by atoms with Gasteiger partial charge in [-0.05, 0) is 31.2 Å². The Kier molecular flexibility index (Phi) is 3.87. The molecule has 1 nitrogen and oxygen atoms in total. The largest absolute Gasteiger partial charge is 0.370 e. The fourth-order valence-corrected chi connectivity index (χ4v) is 1.10. The van der Waals surface area contributed by atoms with Gasteiger partial charge >= 0.3 is 0 Å². The molecule has 0 saturated heterocycles. The van der Waals surface area contributed by atoms with Crippen LogP contribution in [0.3, 0.4) is 0 Å². The molecule has 0 aromatic heterocycles. The van der Waals surface area contributed by atoms with Crippen LogP contribution in [0.5, 0.6) is 0 Å². The van der Waals surface area contributed by atoms with Gasteiger partial charge in [0.1, 0.15) is 0 Å². The Labute approximate surface area is 80.0 Å². The molecule has 1 rings (SSSR count). The lowest BCUT2D eigenvalue weighted by molar-refractivity contribution is 1.03. The monoisotopic (exact) mass is 173 g/mol. The van der Waals surface area contributed by atoms with Crippen LogP contribution >= 0.6 is 0 Å². The first-order valence-corrected chi connectivity index (χ1v) is 4.46. The van der Waals surface area contributed by atoms with Crippen molar-refractivity contribution in [3.05, 3.63) is 48.2 Å². The zero-order valence-corrected chi connectivity index (χ0v) is 8.20. The van der Waals surface area contributed by atoms with Crippen LogP contribution in [0.15, 0.2) is 48.2 Å². The highest BCUT2D eigenvalue weighted by Crippen LogP contribution is 2.09. The Hall–Kier alpha value is -1.46. The molecule has 0 unspecified atom stereocenters. The van der Waals surface area contributed by atoms with Gasteiger partial charge in [-0.1, -0.05) is 18.2 Å². The average molecular weight is 173 g/mol. The van der Waals surface area contributed by atoms with Crippen molar-refractivity contribution < 1.29 is 0 Å². The predicted molar refractivity (Wildman–Crippen MR) is 58.0 cm³/mol. The summed E-state index contributed by atoms with van der Waals surface area (Å²) in [7, 11) is 2.07. The molecule has 0 aliphatic carbocycles. The molecule has 0 atom stereocenters. The van der Waals surface area contributed by atoms with E-state index in [4.69, 9.17) is 0 Å². The molecular formula is C12H15N. The summed E-state index contributed by atoms with van der Waals surface area (Å²) in [5, 5.41) is 0. The zero-order valence-electron chi connectivity index (χ0n) is 8.20. The second-order valence-corrected chi connectivity index (χ2v) is 2.88. The molecular weight excluding hydrogens is 158 g/mol. The van der Waals surface area contributed by atoms with Crippen molar-refractivity contribution in [1.82, 2.24) is 0 Å². The van der Waals surface area contributed by atoms with Crippen molar-refractivity contribution in [1.29, 1.82) is 0 Å². The van der Waals surface area contributed by atoms with Gasteiger partial charge in [-0.25, -0.2) is 0 Å². The summed E-state index contributed by atoms with van der Waals surface area (Å²) in [5.41, 5.74) is 4.29. The standard InChI is InChI=1S/C12H15N/c1-3-4-8-11-13(2)12-9-6-5-7-10-12/h3,5-10H,11H2,1-2H3. The Bertz CT molecular complexity index is 294. The summed E-state index contributed by atoms with van der Waals surface area (Å²) < 4.78 is 0. The smallest absolute Gasteiger partial charge is 0.0430 e. The van der Waals surface area contributed by atoms with Crippen molar-refractivity contribution in [3.8, 4) is 0 Å². The van der Waals surface area contributed by atoms with Crippen LogP contribution < -0.4 is 4.90 Å². The van der Waals surface area contributed by atoms with Crippen molar-refractivity contribution >= 4 is 5.69 Å². The second-order valence-electron chi connectivity index (χ2n) is 2.88. The molecule has 0 amide bonds. The second kappa shape index (κ2) is 5.23. The SMILES string of the molecule is CC=C=CCN(C)c1ccccc1. The maximum atomic E-state index is 3.06. The minimum absolute atomic E-state index is 0.897. The van der Waals surface area contributed by atoms with Gasteiger partial charge in [0.05, 0.1) is 0 Å². The lowest BCUT2D eigenvalue weighted by Crippen LogP contribution is -2.16. The van der Waals surface area contributed by atoms with Crippen molar-refractivity contribution in [2.24, 2.45) is 0 Å². The van der Waals surface area contributed by atoms with Crippen LogP contribution in [-0.2, 0) is 0 Å². The van der Waals surface area contributed by atoms with Crippen LogP contribution in [0.2, 0.25) is 0 Å². The number of hydrogen-bond donors (Lipinski definition) is 0. The highest BCUT2D eigenvalue weighted by atomic mass is 15.1. The molecule has 1 heteroatoms. The van der Waals surface area contributed by atoms with Gasteiger partial charge in [0.15, 0.2) is 0 Å². The number of benzene rings is 1. The Morgan fingerprint density at radius 1 is 1.31 bits per heavy atom. The summed E-state index contributed by atoms with van der Waals surface area (Å²) in [6, 6.07) is 10.3. The maximum absolute atomic E-state index is 3.06. The summed E-state index contributed by atoms with van der Waals surface area (Å²) in [4.78, 5) is 2.18. The van der Waals surface area contributed by atoms with Gasteiger partial charge in [0.25, 0.3) is 0 Å². The fourth-order valence-electron chi connectivity index (χ4n) is 1.10. The summed E-state index contributed by atoms with van der Waals surface area (Å²) in [6.07, 6.45) is 3.94. The van der Waals surface area contributed by atoms with Gasteiger partial charge in [-0.2, -0.15) is 0 Å². The number of likely N-dealkylation sites (N-methyl/N-ethyl adjacent to an activating group) is 1. The number of nitrogens with zero attached hydrogens (tertiary/aromatic N) is 1. The van der Waals surface area contributed by atoms with E-state index in [1.165, 1.54) is 5.69 Å². The topological polar surface area (TPSA) is 3.24 Å². The highest BCUT2D eigenvalue weighted by Gasteiger charge is 1.94. The summed E-state index contributed by atoms with van der Waals surface area (Å²) >= 11 is 0. The first-order chi connectivity index (χ1) is 6.34. The number of para-hydroxylation sites is 1. The normalized spacial score (nSPS) is 8.77.